The monoisotopic (exact) mass is 248 g/mol. The number of carbonyl (C=O) groups is 1. The van der Waals surface area contributed by atoms with E-state index in [1.165, 1.54) is 24.3 Å². The lowest BCUT2D eigenvalue weighted by molar-refractivity contribution is 0.0734. The SMILES string of the molecule is N#Cc1ccc(C(=O)Oc2ccccc2C#N)cc1. The van der Waals surface area contributed by atoms with Crippen molar-refractivity contribution in [2.45, 2.75) is 0 Å². The minimum absolute atomic E-state index is 0.222. The second kappa shape index (κ2) is 5.48. The van der Waals surface area contributed by atoms with Gasteiger partial charge in [-0.1, -0.05) is 12.1 Å². The van der Waals surface area contributed by atoms with Crippen molar-refractivity contribution < 1.29 is 9.53 Å². The van der Waals surface area contributed by atoms with Crippen molar-refractivity contribution in [3.63, 3.8) is 0 Å². The highest BCUT2D eigenvalue weighted by molar-refractivity contribution is 5.91. The molecule has 0 amide bonds. The molecule has 90 valence electrons. The third kappa shape index (κ3) is 2.77. The molecule has 0 radical (unpaired) electrons. The van der Waals surface area contributed by atoms with Crippen LogP contribution in [0.2, 0.25) is 0 Å². The van der Waals surface area contributed by atoms with Crippen LogP contribution in [-0.2, 0) is 0 Å². The normalized spacial score (nSPS) is 9.16. The molecular formula is C15H8N2O2. The number of nitriles is 2. The van der Waals surface area contributed by atoms with Crippen LogP contribution in [0.15, 0.2) is 48.5 Å². The van der Waals surface area contributed by atoms with Crippen LogP contribution < -0.4 is 4.74 Å². The van der Waals surface area contributed by atoms with E-state index >= 15 is 0 Å². The summed E-state index contributed by atoms with van der Waals surface area (Å²) in [5, 5.41) is 17.6. The Morgan fingerprint density at radius 2 is 1.63 bits per heavy atom. The summed E-state index contributed by atoms with van der Waals surface area (Å²) in [6.07, 6.45) is 0. The van der Waals surface area contributed by atoms with Crippen molar-refractivity contribution in [3.05, 3.63) is 65.2 Å². The van der Waals surface area contributed by atoms with E-state index in [0.717, 1.165) is 0 Å². The molecule has 4 nitrogen and oxygen atoms in total. The van der Waals surface area contributed by atoms with Gasteiger partial charge in [-0.3, -0.25) is 0 Å². The standard InChI is InChI=1S/C15H8N2O2/c16-9-11-5-7-12(8-6-11)15(18)19-14-4-2-1-3-13(14)10-17/h1-8H. The molecule has 0 atom stereocenters. The van der Waals surface area contributed by atoms with E-state index in [9.17, 15) is 4.79 Å². The second-order valence-electron chi connectivity index (χ2n) is 3.69. The number of hydrogen-bond acceptors (Lipinski definition) is 4. The molecule has 2 rings (SSSR count). The highest BCUT2D eigenvalue weighted by Crippen LogP contribution is 2.18. The van der Waals surface area contributed by atoms with Crippen molar-refractivity contribution in [2.75, 3.05) is 0 Å². The molecule has 2 aromatic rings. The Bertz CT molecular complexity index is 691. The first-order chi connectivity index (χ1) is 9.24. The van der Waals surface area contributed by atoms with Crippen molar-refractivity contribution in [3.8, 4) is 17.9 Å². The first kappa shape index (κ1) is 12.3. The topological polar surface area (TPSA) is 73.9 Å². The summed E-state index contributed by atoms with van der Waals surface area (Å²) >= 11 is 0. The number of esters is 1. The van der Waals surface area contributed by atoms with Crippen LogP contribution in [-0.4, -0.2) is 5.97 Å². The Morgan fingerprint density at radius 3 is 2.26 bits per heavy atom. The lowest BCUT2D eigenvalue weighted by atomic mass is 10.1. The molecule has 4 heteroatoms. The summed E-state index contributed by atoms with van der Waals surface area (Å²) in [6, 6.07) is 16.5. The first-order valence-corrected chi connectivity index (χ1v) is 5.46. The van der Waals surface area contributed by atoms with Gasteiger partial charge in [0, 0.05) is 0 Å². The van der Waals surface area contributed by atoms with Crippen molar-refractivity contribution >= 4 is 5.97 Å². The molecule has 0 spiro atoms. The van der Waals surface area contributed by atoms with Crippen molar-refractivity contribution in [2.24, 2.45) is 0 Å². The second-order valence-corrected chi connectivity index (χ2v) is 3.69. The van der Waals surface area contributed by atoms with Crippen LogP contribution in [0, 0.1) is 22.7 Å². The number of carbonyl (C=O) groups excluding carboxylic acids is 1. The summed E-state index contributed by atoms with van der Waals surface area (Å²) < 4.78 is 5.15. The first-order valence-electron chi connectivity index (χ1n) is 5.46. The molecule has 2 aromatic carbocycles. The minimum Gasteiger partial charge on any atom is -0.422 e. The molecule has 19 heavy (non-hydrogen) atoms. The molecule has 0 N–H and O–H groups in total. The molecule has 0 fully saturated rings. The summed E-state index contributed by atoms with van der Waals surface area (Å²) in [6.45, 7) is 0. The summed E-state index contributed by atoms with van der Waals surface area (Å²) in [5.74, 6) is -0.341. The van der Waals surface area contributed by atoms with Crippen LogP contribution in [0.4, 0.5) is 0 Å². The Balaban J connectivity index is 2.21. The van der Waals surface area contributed by atoms with Crippen LogP contribution in [0.5, 0.6) is 5.75 Å². The Labute approximate surface area is 110 Å². The van der Waals surface area contributed by atoms with Crippen molar-refractivity contribution in [1.29, 1.82) is 10.5 Å². The molecule has 0 unspecified atom stereocenters. The number of ether oxygens (including phenoxy) is 1. The largest absolute Gasteiger partial charge is 0.422 e. The zero-order valence-electron chi connectivity index (χ0n) is 9.83. The van der Waals surface area contributed by atoms with Crippen LogP contribution >= 0.6 is 0 Å². The molecule has 0 aromatic heterocycles. The lowest BCUT2D eigenvalue weighted by Crippen LogP contribution is -2.09. The Morgan fingerprint density at radius 1 is 0.947 bits per heavy atom. The van der Waals surface area contributed by atoms with Gasteiger partial charge in [0.1, 0.15) is 11.8 Å². The quantitative estimate of drug-likeness (QED) is 0.604. The molecule has 0 saturated heterocycles. The minimum atomic E-state index is -0.563. The number of benzene rings is 2. The van der Waals surface area contributed by atoms with Crippen LogP contribution in [0.3, 0.4) is 0 Å². The van der Waals surface area contributed by atoms with Gasteiger partial charge in [-0.2, -0.15) is 10.5 Å². The summed E-state index contributed by atoms with van der Waals surface area (Å²) in [4.78, 5) is 11.9. The molecule has 0 aliphatic rings. The maximum atomic E-state index is 11.9. The Hall–Kier alpha value is -3.11. The van der Waals surface area contributed by atoms with Crippen LogP contribution in [0.25, 0.3) is 0 Å². The fourth-order valence-electron chi connectivity index (χ4n) is 1.49. The van der Waals surface area contributed by atoms with E-state index in [1.54, 1.807) is 24.3 Å². The van der Waals surface area contributed by atoms with Gasteiger partial charge in [0.15, 0.2) is 0 Å². The molecule has 0 aliphatic heterocycles. The van der Waals surface area contributed by atoms with Gasteiger partial charge < -0.3 is 4.74 Å². The fraction of sp³-hybridized carbons (Fsp3) is 0. The van der Waals surface area contributed by atoms with Gasteiger partial charge in [0.05, 0.1) is 22.8 Å². The zero-order chi connectivity index (χ0) is 13.7. The fourth-order valence-corrected chi connectivity index (χ4v) is 1.49. The highest BCUT2D eigenvalue weighted by Gasteiger charge is 2.11. The molecule has 0 bridgehead atoms. The predicted molar refractivity (Wildman–Crippen MR) is 67.3 cm³/mol. The van der Waals surface area contributed by atoms with Gasteiger partial charge >= 0.3 is 5.97 Å². The zero-order valence-corrected chi connectivity index (χ0v) is 9.83. The summed E-state index contributed by atoms with van der Waals surface area (Å²) in [7, 11) is 0. The third-order valence-corrected chi connectivity index (χ3v) is 2.46. The average Bonchev–Trinajstić information content (AvgIpc) is 2.48. The van der Waals surface area contributed by atoms with E-state index in [4.69, 9.17) is 15.3 Å². The summed E-state index contributed by atoms with van der Waals surface area (Å²) in [5.41, 5.74) is 1.09. The van der Waals surface area contributed by atoms with Gasteiger partial charge in [-0.15, -0.1) is 0 Å². The van der Waals surface area contributed by atoms with E-state index in [1.807, 2.05) is 12.1 Å². The smallest absolute Gasteiger partial charge is 0.343 e. The van der Waals surface area contributed by atoms with Crippen LogP contribution in [0.1, 0.15) is 21.5 Å². The molecular weight excluding hydrogens is 240 g/mol. The van der Waals surface area contributed by atoms with Gasteiger partial charge in [0.25, 0.3) is 0 Å². The van der Waals surface area contributed by atoms with Gasteiger partial charge in [0.2, 0.25) is 0 Å². The van der Waals surface area contributed by atoms with E-state index in [-0.39, 0.29) is 5.75 Å². The predicted octanol–water partition coefficient (Wildman–Crippen LogP) is 2.65. The Kier molecular flexibility index (Phi) is 3.56. The number of nitrogens with zero attached hydrogens (tertiary/aromatic N) is 2. The third-order valence-electron chi connectivity index (χ3n) is 2.46. The molecule has 0 aliphatic carbocycles. The van der Waals surface area contributed by atoms with Crippen molar-refractivity contribution in [1.82, 2.24) is 0 Å². The van der Waals surface area contributed by atoms with E-state index in [0.29, 0.717) is 16.7 Å². The molecule has 0 saturated carbocycles. The molecule has 0 heterocycles. The van der Waals surface area contributed by atoms with Gasteiger partial charge in [-0.05, 0) is 36.4 Å². The number of para-hydroxylation sites is 1. The maximum Gasteiger partial charge on any atom is 0.343 e. The number of hydrogen-bond donors (Lipinski definition) is 0. The van der Waals surface area contributed by atoms with E-state index in [2.05, 4.69) is 0 Å². The number of rotatable bonds is 2. The maximum absolute atomic E-state index is 11.9. The average molecular weight is 248 g/mol. The lowest BCUT2D eigenvalue weighted by Gasteiger charge is -2.05. The van der Waals surface area contributed by atoms with Gasteiger partial charge in [-0.25, -0.2) is 4.79 Å². The highest BCUT2D eigenvalue weighted by atomic mass is 16.5. The van der Waals surface area contributed by atoms with E-state index < -0.39 is 5.97 Å².